The van der Waals surface area contributed by atoms with Gasteiger partial charge in [0.2, 0.25) is 0 Å². The highest BCUT2D eigenvalue weighted by Crippen LogP contribution is 2.65. The van der Waals surface area contributed by atoms with Crippen LogP contribution < -0.4 is 0 Å². The third kappa shape index (κ3) is 2.48. The molecule has 1 aromatic heterocycles. The molecule has 1 aromatic rings. The number of carbonyl (C=O) groups excluding carboxylic acids is 1. The van der Waals surface area contributed by atoms with Gasteiger partial charge >= 0.3 is 0 Å². The minimum Gasteiger partial charge on any atom is -0.377 e. The van der Waals surface area contributed by atoms with Crippen LogP contribution >= 0.6 is 11.6 Å². The Balaban J connectivity index is 1.50. The van der Waals surface area contributed by atoms with E-state index in [1.807, 2.05) is 12.3 Å². The third-order valence-corrected chi connectivity index (χ3v) is 8.73. The van der Waals surface area contributed by atoms with Gasteiger partial charge in [-0.1, -0.05) is 31.5 Å². The number of nitrogens with zero attached hydrogens (tertiary/aromatic N) is 2. The molecule has 1 aliphatic heterocycles. The van der Waals surface area contributed by atoms with Crippen LogP contribution in [0, 0.1) is 28.6 Å². The van der Waals surface area contributed by atoms with Gasteiger partial charge in [-0.15, -0.1) is 0 Å². The average Bonchev–Trinajstić information content (AvgIpc) is 3.01. The lowest BCUT2D eigenvalue weighted by Gasteiger charge is -2.60. The maximum atomic E-state index is 12.1. The zero-order valence-corrected chi connectivity index (χ0v) is 17.8. The summed E-state index contributed by atoms with van der Waals surface area (Å²) in [5.74, 6) is 2.29. The average molecular weight is 397 g/mol. The lowest BCUT2D eigenvalue weighted by molar-refractivity contribution is -0.118. The fourth-order valence-electron chi connectivity index (χ4n) is 7.14. The fraction of sp³-hybridized carbons (Fsp3) is 0.583. The summed E-state index contributed by atoms with van der Waals surface area (Å²) in [6.45, 7) is 5.95. The molecule has 0 aromatic carbocycles. The monoisotopic (exact) mass is 396 g/mol. The van der Waals surface area contributed by atoms with Gasteiger partial charge in [0.25, 0.3) is 0 Å². The van der Waals surface area contributed by atoms with Crippen molar-refractivity contribution in [1.82, 2.24) is 9.88 Å². The van der Waals surface area contributed by atoms with Crippen molar-refractivity contribution in [3.05, 3.63) is 46.9 Å². The van der Waals surface area contributed by atoms with Crippen LogP contribution in [0.3, 0.4) is 0 Å². The van der Waals surface area contributed by atoms with E-state index in [-0.39, 0.29) is 10.8 Å². The van der Waals surface area contributed by atoms with Crippen molar-refractivity contribution in [2.75, 3.05) is 13.6 Å². The number of likely N-dealkylation sites (tertiary alicyclic amines) is 1. The topological polar surface area (TPSA) is 33.2 Å². The number of hydrogen-bond donors (Lipinski definition) is 0. The number of halogens is 1. The summed E-state index contributed by atoms with van der Waals surface area (Å²) in [7, 11) is 2.19. The van der Waals surface area contributed by atoms with Gasteiger partial charge in [0.05, 0.1) is 5.02 Å². The molecular weight excluding hydrogens is 368 g/mol. The Morgan fingerprint density at radius 1 is 1.18 bits per heavy atom. The molecule has 2 fully saturated rings. The van der Waals surface area contributed by atoms with Gasteiger partial charge in [-0.25, -0.2) is 0 Å². The van der Waals surface area contributed by atoms with Crippen molar-refractivity contribution in [1.29, 1.82) is 0 Å². The van der Waals surface area contributed by atoms with Gasteiger partial charge in [0, 0.05) is 49.6 Å². The number of piperidine rings is 1. The summed E-state index contributed by atoms with van der Waals surface area (Å²) in [6.07, 6.45) is 13.4. The van der Waals surface area contributed by atoms with Crippen LogP contribution in [-0.2, 0) is 4.79 Å². The third-order valence-electron chi connectivity index (χ3n) is 8.52. The summed E-state index contributed by atoms with van der Waals surface area (Å²) < 4.78 is 0. The normalized spacial score (nSPS) is 39.6. The van der Waals surface area contributed by atoms with E-state index in [4.69, 9.17) is 11.6 Å². The highest BCUT2D eigenvalue weighted by molar-refractivity contribution is 6.30. The maximum absolute atomic E-state index is 12.1. The van der Waals surface area contributed by atoms with Gasteiger partial charge in [-0.3, -0.25) is 9.78 Å². The van der Waals surface area contributed by atoms with Crippen LogP contribution in [0.15, 0.2) is 36.3 Å². The highest BCUT2D eigenvalue weighted by atomic mass is 35.5. The second-order valence-corrected chi connectivity index (χ2v) is 10.3. The molecule has 0 spiro atoms. The van der Waals surface area contributed by atoms with E-state index in [0.29, 0.717) is 35.0 Å². The molecule has 1 saturated heterocycles. The molecule has 5 rings (SSSR count). The zero-order chi connectivity index (χ0) is 19.7. The van der Waals surface area contributed by atoms with Crippen LogP contribution in [0.2, 0.25) is 5.02 Å². The quantitative estimate of drug-likeness (QED) is 0.639. The van der Waals surface area contributed by atoms with Crippen molar-refractivity contribution in [2.45, 2.75) is 46.0 Å². The molecular formula is C24H29ClN2O. The van der Waals surface area contributed by atoms with Gasteiger partial charge in [0.15, 0.2) is 5.78 Å². The molecule has 0 N–H and O–H groups in total. The molecule has 3 nitrogen and oxygen atoms in total. The van der Waals surface area contributed by atoms with Crippen LogP contribution in [0.4, 0.5) is 0 Å². The molecule has 3 aliphatic carbocycles. The van der Waals surface area contributed by atoms with E-state index in [1.54, 1.807) is 6.20 Å². The zero-order valence-electron chi connectivity index (χ0n) is 17.0. The smallest absolute Gasteiger partial charge is 0.157 e. The molecule has 5 atom stereocenters. The van der Waals surface area contributed by atoms with Gasteiger partial charge in [-0.2, -0.15) is 0 Å². The molecule has 0 amide bonds. The van der Waals surface area contributed by atoms with Crippen molar-refractivity contribution < 1.29 is 4.79 Å². The van der Waals surface area contributed by atoms with Gasteiger partial charge in [0.1, 0.15) is 0 Å². The summed E-state index contributed by atoms with van der Waals surface area (Å²) >= 11 is 6.25. The van der Waals surface area contributed by atoms with Crippen molar-refractivity contribution in [2.24, 2.45) is 28.6 Å². The van der Waals surface area contributed by atoms with Crippen LogP contribution in [-0.4, -0.2) is 29.3 Å². The maximum Gasteiger partial charge on any atom is 0.157 e. The van der Waals surface area contributed by atoms with Gasteiger partial charge < -0.3 is 4.90 Å². The molecule has 0 radical (unpaired) electrons. The number of carbonyl (C=O) groups is 1. The molecule has 0 unspecified atom stereocenters. The number of pyridine rings is 1. The van der Waals surface area contributed by atoms with Crippen molar-refractivity contribution >= 4 is 23.0 Å². The molecule has 28 heavy (non-hydrogen) atoms. The number of allylic oxidation sites excluding steroid dienone is 4. The first-order valence-electron chi connectivity index (χ1n) is 10.6. The molecule has 148 valence electrons. The lowest BCUT2D eigenvalue weighted by atomic mass is 9.49. The van der Waals surface area contributed by atoms with Crippen LogP contribution in [0.1, 0.15) is 51.5 Å². The van der Waals surface area contributed by atoms with Gasteiger partial charge in [-0.05, 0) is 66.1 Å². The number of aromatic nitrogens is 1. The summed E-state index contributed by atoms with van der Waals surface area (Å²) in [5, 5.41) is 0.714. The molecule has 0 bridgehead atoms. The lowest BCUT2D eigenvalue weighted by Crippen LogP contribution is -2.56. The van der Waals surface area contributed by atoms with Crippen LogP contribution in [0.5, 0.6) is 0 Å². The Hall–Kier alpha value is -1.61. The Morgan fingerprint density at radius 2 is 2.00 bits per heavy atom. The number of hydrogen-bond acceptors (Lipinski definition) is 3. The first-order chi connectivity index (χ1) is 13.3. The van der Waals surface area contributed by atoms with E-state index in [9.17, 15) is 4.79 Å². The van der Waals surface area contributed by atoms with E-state index in [1.165, 1.54) is 29.7 Å². The van der Waals surface area contributed by atoms with E-state index in [0.717, 1.165) is 19.4 Å². The minimum atomic E-state index is 0.146. The Kier molecular flexibility index (Phi) is 4.07. The number of fused-ring (bicyclic) bond motifs is 5. The standard InChI is InChI=1S/C24H29ClN2O/c1-23-9-7-21-18(14-27(3)22-11-17(28)6-8-24(21,22)2)20(23)5-4-19(23)15-10-16(25)13-26-12-15/h4,10-13,18,20-21H,5-9,14H2,1-3H3/t18-,20-,21-,23+,24+/m0/s1. The Morgan fingerprint density at radius 3 is 2.79 bits per heavy atom. The van der Waals surface area contributed by atoms with Crippen molar-refractivity contribution in [3.63, 3.8) is 0 Å². The van der Waals surface area contributed by atoms with E-state index < -0.39 is 0 Å². The SMILES string of the molecule is CN1C[C@@H]2[C@H](CC[C@]3(C)C(c4cncc(Cl)c4)=CC[C@@H]23)[C@@]2(C)CCC(=O)C=C12. The Labute approximate surface area is 172 Å². The number of ketones is 1. The molecule has 1 saturated carbocycles. The number of rotatable bonds is 1. The first-order valence-corrected chi connectivity index (χ1v) is 11.0. The second kappa shape index (κ2) is 6.19. The molecule has 4 heteroatoms. The van der Waals surface area contributed by atoms with E-state index in [2.05, 4.69) is 42.9 Å². The predicted molar refractivity (Wildman–Crippen MR) is 113 cm³/mol. The second-order valence-electron chi connectivity index (χ2n) is 9.87. The Bertz CT molecular complexity index is 906. The largest absolute Gasteiger partial charge is 0.377 e. The molecule has 4 aliphatic rings. The van der Waals surface area contributed by atoms with E-state index >= 15 is 0 Å². The van der Waals surface area contributed by atoms with Crippen molar-refractivity contribution in [3.8, 4) is 0 Å². The fourth-order valence-corrected chi connectivity index (χ4v) is 7.32. The minimum absolute atomic E-state index is 0.146. The highest BCUT2D eigenvalue weighted by Gasteiger charge is 2.58. The molecule has 2 heterocycles. The summed E-state index contributed by atoms with van der Waals surface area (Å²) in [5.41, 5.74) is 4.26. The summed E-state index contributed by atoms with van der Waals surface area (Å²) in [4.78, 5) is 18.8. The first kappa shape index (κ1) is 18.4. The predicted octanol–water partition coefficient (Wildman–Crippen LogP) is 5.37. The van der Waals surface area contributed by atoms with Crippen LogP contribution in [0.25, 0.3) is 5.57 Å². The summed E-state index contributed by atoms with van der Waals surface area (Å²) in [6, 6.07) is 2.07.